The largest absolute Gasteiger partial charge is 0.481 e. The van der Waals surface area contributed by atoms with Gasteiger partial charge in [0.25, 0.3) is 0 Å². The summed E-state index contributed by atoms with van der Waals surface area (Å²) < 4.78 is 0. The van der Waals surface area contributed by atoms with Crippen molar-refractivity contribution in [2.45, 2.75) is 51.7 Å². The number of aliphatic hydroxyl groups is 2. The lowest BCUT2D eigenvalue weighted by Gasteiger charge is -2.18. The molecule has 0 spiro atoms. The zero-order chi connectivity index (χ0) is 17.0. The molecule has 2 rings (SSSR count). The Morgan fingerprint density at radius 3 is 2.83 bits per heavy atom. The lowest BCUT2D eigenvalue weighted by Crippen LogP contribution is -2.19. The number of carboxylic acids is 1. The van der Waals surface area contributed by atoms with Gasteiger partial charge in [0.1, 0.15) is 6.61 Å². The van der Waals surface area contributed by atoms with Crippen molar-refractivity contribution in [3.05, 3.63) is 12.2 Å². The van der Waals surface area contributed by atoms with Gasteiger partial charge in [0.2, 0.25) is 0 Å². The van der Waals surface area contributed by atoms with E-state index >= 15 is 0 Å². The first-order valence-electron chi connectivity index (χ1n) is 8.32. The molecule has 0 aromatic carbocycles. The van der Waals surface area contributed by atoms with Gasteiger partial charge in [-0.1, -0.05) is 31.2 Å². The van der Waals surface area contributed by atoms with Gasteiger partial charge < -0.3 is 20.2 Å². The molecule has 23 heavy (non-hydrogen) atoms. The van der Waals surface area contributed by atoms with Crippen LogP contribution in [0, 0.1) is 23.7 Å². The fourth-order valence-corrected chi connectivity index (χ4v) is 3.52. The molecule has 0 aromatic rings. The Hall–Kier alpha value is -1.40. The van der Waals surface area contributed by atoms with Crippen LogP contribution in [0.25, 0.3) is 0 Å². The van der Waals surface area contributed by atoms with Gasteiger partial charge in [0.05, 0.1) is 24.3 Å². The molecule has 0 saturated heterocycles. The van der Waals surface area contributed by atoms with E-state index in [1.165, 1.54) is 0 Å². The average Bonchev–Trinajstić information content (AvgIpc) is 2.97. The third-order valence-electron chi connectivity index (χ3n) is 4.87. The molecule has 2 fully saturated rings. The van der Waals surface area contributed by atoms with E-state index in [-0.39, 0.29) is 31.0 Å². The van der Waals surface area contributed by atoms with Crippen molar-refractivity contribution < 1.29 is 25.0 Å². The van der Waals surface area contributed by atoms with Crippen molar-refractivity contribution in [1.82, 2.24) is 0 Å². The van der Waals surface area contributed by atoms with Crippen molar-refractivity contribution in [2.24, 2.45) is 28.8 Å². The van der Waals surface area contributed by atoms with E-state index in [1.54, 1.807) is 6.08 Å². The summed E-state index contributed by atoms with van der Waals surface area (Å²) in [6.45, 7) is 4.00. The molecule has 6 heteroatoms. The van der Waals surface area contributed by atoms with Gasteiger partial charge in [-0.3, -0.25) is 4.79 Å². The van der Waals surface area contributed by atoms with Gasteiger partial charge in [-0.25, -0.2) is 0 Å². The number of nitrogens with zero attached hydrogens (tertiary/aromatic N) is 1. The van der Waals surface area contributed by atoms with E-state index in [0.29, 0.717) is 11.8 Å². The number of fused-ring (bicyclic) bond motifs is 1. The molecule has 6 nitrogen and oxygen atoms in total. The smallest absolute Gasteiger partial charge is 0.306 e. The van der Waals surface area contributed by atoms with Crippen LogP contribution in [0.5, 0.6) is 0 Å². The first kappa shape index (κ1) is 17.9. The molecule has 0 heterocycles. The van der Waals surface area contributed by atoms with Gasteiger partial charge in [-0.2, -0.15) is 0 Å². The molecule has 5 atom stereocenters. The average molecular weight is 325 g/mol. The molecule has 3 N–H and O–H groups in total. The molecular formula is C17H27NO5. The van der Waals surface area contributed by atoms with Crippen LogP contribution in [0.3, 0.4) is 0 Å². The summed E-state index contributed by atoms with van der Waals surface area (Å²) in [5, 5.41) is 32.7. The van der Waals surface area contributed by atoms with E-state index in [2.05, 4.69) is 5.16 Å². The number of carbonyl (C=O) groups is 1. The van der Waals surface area contributed by atoms with Crippen LogP contribution >= 0.6 is 0 Å². The molecule has 0 bridgehead atoms. The third-order valence-corrected chi connectivity index (χ3v) is 4.87. The Balaban J connectivity index is 1.90. The van der Waals surface area contributed by atoms with Crippen LogP contribution in [0.2, 0.25) is 0 Å². The second-order valence-electron chi connectivity index (χ2n) is 6.97. The Kier molecular flexibility index (Phi) is 6.18. The lowest BCUT2D eigenvalue weighted by atomic mass is 9.90. The van der Waals surface area contributed by atoms with Crippen LogP contribution in [0.4, 0.5) is 0 Å². The summed E-state index contributed by atoms with van der Waals surface area (Å²) in [4.78, 5) is 15.5. The van der Waals surface area contributed by atoms with E-state index < -0.39 is 12.1 Å². The first-order chi connectivity index (χ1) is 10.9. The molecule has 0 radical (unpaired) electrons. The SMILES string of the molecule is CC(C)C(O)C=C[C@@H]1[C@@H]2C/C(=N/OCCC(=O)O)C[C@H]2C[C@H]1O. The second-order valence-corrected chi connectivity index (χ2v) is 6.97. The molecule has 0 aliphatic heterocycles. The van der Waals surface area contributed by atoms with Crippen LogP contribution in [-0.2, 0) is 9.63 Å². The Morgan fingerprint density at radius 2 is 2.17 bits per heavy atom. The van der Waals surface area contributed by atoms with Crippen LogP contribution in [0.1, 0.15) is 39.5 Å². The lowest BCUT2D eigenvalue weighted by molar-refractivity contribution is -0.138. The van der Waals surface area contributed by atoms with Gasteiger partial charge >= 0.3 is 5.97 Å². The van der Waals surface area contributed by atoms with Crippen molar-refractivity contribution in [1.29, 1.82) is 0 Å². The van der Waals surface area contributed by atoms with E-state index in [1.807, 2.05) is 19.9 Å². The van der Waals surface area contributed by atoms with Crippen molar-refractivity contribution in [3.63, 3.8) is 0 Å². The maximum absolute atomic E-state index is 10.4. The molecular weight excluding hydrogens is 298 g/mol. The van der Waals surface area contributed by atoms with Crippen molar-refractivity contribution in [3.8, 4) is 0 Å². The zero-order valence-corrected chi connectivity index (χ0v) is 13.8. The number of aliphatic carboxylic acids is 1. The molecule has 0 amide bonds. The Morgan fingerprint density at radius 1 is 1.43 bits per heavy atom. The number of hydrogen-bond donors (Lipinski definition) is 3. The molecule has 2 saturated carbocycles. The number of rotatable bonds is 7. The number of hydrogen-bond acceptors (Lipinski definition) is 5. The molecule has 2 aliphatic carbocycles. The van der Waals surface area contributed by atoms with E-state index in [4.69, 9.17) is 9.94 Å². The summed E-state index contributed by atoms with van der Waals surface area (Å²) >= 11 is 0. The summed E-state index contributed by atoms with van der Waals surface area (Å²) in [5.74, 6) is 0.00896. The van der Waals surface area contributed by atoms with Crippen LogP contribution < -0.4 is 0 Å². The van der Waals surface area contributed by atoms with E-state index in [0.717, 1.165) is 25.0 Å². The van der Waals surface area contributed by atoms with Crippen molar-refractivity contribution >= 4 is 11.7 Å². The Bertz CT molecular complexity index is 474. The van der Waals surface area contributed by atoms with Gasteiger partial charge in [0, 0.05) is 5.92 Å². The third kappa shape index (κ3) is 4.78. The molecule has 130 valence electrons. The normalized spacial score (nSPS) is 33.5. The maximum atomic E-state index is 10.4. The Labute approximate surface area is 136 Å². The zero-order valence-electron chi connectivity index (χ0n) is 13.8. The second kappa shape index (κ2) is 7.93. The highest BCUT2D eigenvalue weighted by atomic mass is 16.6. The summed E-state index contributed by atoms with van der Waals surface area (Å²) in [6.07, 6.45) is 5.14. The van der Waals surface area contributed by atoms with E-state index in [9.17, 15) is 15.0 Å². The topological polar surface area (TPSA) is 99.4 Å². The van der Waals surface area contributed by atoms with Gasteiger partial charge in [-0.15, -0.1) is 0 Å². The summed E-state index contributed by atoms with van der Waals surface area (Å²) in [6, 6.07) is 0. The number of oxime groups is 1. The van der Waals surface area contributed by atoms with Crippen LogP contribution in [0.15, 0.2) is 17.3 Å². The van der Waals surface area contributed by atoms with Gasteiger partial charge in [-0.05, 0) is 37.0 Å². The fourth-order valence-electron chi connectivity index (χ4n) is 3.52. The van der Waals surface area contributed by atoms with Gasteiger partial charge in [0.15, 0.2) is 0 Å². The van der Waals surface area contributed by atoms with Crippen LogP contribution in [-0.4, -0.2) is 45.8 Å². The fraction of sp³-hybridized carbons (Fsp3) is 0.765. The molecule has 2 aliphatic rings. The highest BCUT2D eigenvalue weighted by Gasteiger charge is 2.46. The first-order valence-corrected chi connectivity index (χ1v) is 8.32. The molecule has 1 unspecified atom stereocenters. The summed E-state index contributed by atoms with van der Waals surface area (Å²) in [5.41, 5.74) is 0.945. The highest BCUT2D eigenvalue weighted by Crippen LogP contribution is 2.47. The quantitative estimate of drug-likeness (QED) is 0.377. The summed E-state index contributed by atoms with van der Waals surface area (Å²) in [7, 11) is 0. The predicted molar refractivity (Wildman–Crippen MR) is 86.0 cm³/mol. The minimum absolute atomic E-state index is 0.0418. The monoisotopic (exact) mass is 325 g/mol. The maximum Gasteiger partial charge on any atom is 0.306 e. The minimum atomic E-state index is -0.898. The number of aliphatic hydroxyl groups excluding tert-OH is 2. The minimum Gasteiger partial charge on any atom is -0.481 e. The highest BCUT2D eigenvalue weighted by molar-refractivity contribution is 5.86. The molecule has 0 aromatic heterocycles. The number of carboxylic acid groups (broad SMARTS) is 1. The standard InChI is InChI=1S/C17H27NO5/c1-10(2)15(19)4-3-13-14-9-12(7-11(14)8-16(13)20)18-23-6-5-17(21)22/h3-4,10-11,13-16,19-20H,5-9H2,1-2H3,(H,21,22)/b4-3?,18-12+/t11-,13+,14+,15?,16+/m0/s1. The van der Waals surface area contributed by atoms with Crippen molar-refractivity contribution in [2.75, 3.05) is 6.61 Å². The predicted octanol–water partition coefficient (Wildman–Crippen LogP) is 1.81.